The Morgan fingerprint density at radius 3 is 2.39 bits per heavy atom. The molecule has 0 spiro atoms. The molecule has 94 valence electrons. The molecule has 2 rings (SSSR count). The van der Waals surface area contributed by atoms with Crippen molar-refractivity contribution in [3.8, 4) is 11.5 Å². The number of nitrogens with two attached hydrogens (primary N) is 1. The average Bonchev–Trinajstić information content (AvgIpc) is 2.34. The minimum Gasteiger partial charge on any atom is -0.454 e. The van der Waals surface area contributed by atoms with Gasteiger partial charge in [0, 0.05) is 11.1 Å². The average molecular weight is 266 g/mol. The molecular weight excluding hydrogens is 253 g/mol. The number of benzene rings is 2. The molecule has 2 aromatic rings. The first-order chi connectivity index (χ1) is 8.56. The fourth-order valence-electron chi connectivity index (χ4n) is 1.51. The number of hydrogen-bond donors (Lipinski definition) is 1. The lowest BCUT2D eigenvalue weighted by molar-refractivity contribution is 0.441. The van der Waals surface area contributed by atoms with E-state index >= 15 is 0 Å². The third kappa shape index (κ3) is 3.00. The Morgan fingerprint density at radius 2 is 1.83 bits per heavy atom. The molecule has 0 unspecified atom stereocenters. The monoisotopic (exact) mass is 265 g/mol. The van der Waals surface area contributed by atoms with E-state index in [0.717, 1.165) is 5.56 Å². The largest absolute Gasteiger partial charge is 0.454 e. The summed E-state index contributed by atoms with van der Waals surface area (Å²) in [6, 6.07) is 11.2. The molecule has 2 aromatic carbocycles. The predicted octanol–water partition coefficient (Wildman–Crippen LogP) is 4.29. The first-order valence-electron chi connectivity index (χ1n) is 5.54. The molecule has 2 nitrogen and oxygen atoms in total. The van der Waals surface area contributed by atoms with Crippen LogP contribution in [-0.2, 0) is 0 Å². The fraction of sp³-hybridized carbons (Fsp3) is 0.143. The molecule has 0 aliphatic rings. The highest BCUT2D eigenvalue weighted by Gasteiger charge is 2.08. The van der Waals surface area contributed by atoms with Crippen LogP contribution in [0.3, 0.4) is 0 Å². The van der Waals surface area contributed by atoms with Crippen LogP contribution in [0, 0.1) is 5.82 Å². The van der Waals surface area contributed by atoms with Crippen LogP contribution in [0.25, 0.3) is 0 Å². The number of ether oxygens (including phenoxy) is 1. The molecule has 1 atom stereocenters. The van der Waals surface area contributed by atoms with Gasteiger partial charge >= 0.3 is 0 Å². The summed E-state index contributed by atoms with van der Waals surface area (Å²) >= 11 is 5.76. The van der Waals surface area contributed by atoms with Crippen LogP contribution in [0.15, 0.2) is 42.5 Å². The molecule has 2 N–H and O–H groups in total. The highest BCUT2D eigenvalue weighted by molar-refractivity contribution is 6.30. The van der Waals surface area contributed by atoms with E-state index in [4.69, 9.17) is 22.1 Å². The van der Waals surface area contributed by atoms with Gasteiger partial charge in [0.15, 0.2) is 11.6 Å². The summed E-state index contributed by atoms with van der Waals surface area (Å²) in [5.74, 6) is 0.272. The maximum absolute atomic E-state index is 13.8. The Bertz CT molecular complexity index is 540. The van der Waals surface area contributed by atoms with Gasteiger partial charge in [-0.15, -0.1) is 0 Å². The van der Waals surface area contributed by atoms with E-state index in [2.05, 4.69) is 0 Å². The zero-order chi connectivity index (χ0) is 13.1. The third-order valence-electron chi connectivity index (χ3n) is 2.52. The smallest absolute Gasteiger partial charge is 0.166 e. The predicted molar refractivity (Wildman–Crippen MR) is 70.5 cm³/mol. The van der Waals surface area contributed by atoms with Crippen LogP contribution in [0.4, 0.5) is 4.39 Å². The van der Waals surface area contributed by atoms with E-state index in [1.807, 2.05) is 0 Å². The minimum atomic E-state index is -0.431. The SMILES string of the molecule is C[C@@H](N)c1ccc(Oc2ccc(Cl)cc2)c(F)c1. The van der Waals surface area contributed by atoms with Gasteiger partial charge in [-0.05, 0) is 48.9 Å². The summed E-state index contributed by atoms with van der Waals surface area (Å²) in [4.78, 5) is 0. The van der Waals surface area contributed by atoms with Crippen LogP contribution in [0.5, 0.6) is 11.5 Å². The van der Waals surface area contributed by atoms with Crippen LogP contribution in [0.2, 0.25) is 5.02 Å². The summed E-state index contributed by atoms with van der Waals surface area (Å²) in [5.41, 5.74) is 6.41. The molecule has 0 saturated heterocycles. The molecule has 0 aliphatic heterocycles. The number of halogens is 2. The van der Waals surface area contributed by atoms with Crippen molar-refractivity contribution in [1.29, 1.82) is 0 Å². The maximum atomic E-state index is 13.8. The topological polar surface area (TPSA) is 35.2 Å². The molecule has 0 aliphatic carbocycles. The van der Waals surface area contributed by atoms with Crippen molar-refractivity contribution in [2.75, 3.05) is 0 Å². The second-order valence-electron chi connectivity index (χ2n) is 4.03. The Kier molecular flexibility index (Phi) is 3.84. The van der Waals surface area contributed by atoms with Gasteiger partial charge in [0.25, 0.3) is 0 Å². The van der Waals surface area contributed by atoms with Crippen molar-refractivity contribution in [1.82, 2.24) is 0 Å². The van der Waals surface area contributed by atoms with Gasteiger partial charge < -0.3 is 10.5 Å². The summed E-state index contributed by atoms with van der Waals surface area (Å²) in [5, 5.41) is 0.607. The zero-order valence-corrected chi connectivity index (χ0v) is 10.6. The van der Waals surface area contributed by atoms with Gasteiger partial charge in [-0.2, -0.15) is 0 Å². The number of hydrogen-bond acceptors (Lipinski definition) is 2. The summed E-state index contributed by atoms with van der Waals surface area (Å²) in [6.07, 6.45) is 0. The first kappa shape index (κ1) is 12.9. The fourth-order valence-corrected chi connectivity index (χ4v) is 1.64. The van der Waals surface area contributed by atoms with Crippen LogP contribution in [0.1, 0.15) is 18.5 Å². The maximum Gasteiger partial charge on any atom is 0.166 e. The molecule has 0 fully saturated rings. The molecule has 18 heavy (non-hydrogen) atoms. The van der Waals surface area contributed by atoms with Gasteiger partial charge in [0.2, 0.25) is 0 Å². The number of rotatable bonds is 3. The van der Waals surface area contributed by atoms with E-state index < -0.39 is 5.82 Å². The lowest BCUT2D eigenvalue weighted by atomic mass is 10.1. The van der Waals surface area contributed by atoms with Gasteiger partial charge in [0.05, 0.1) is 0 Å². The van der Waals surface area contributed by atoms with Crippen molar-refractivity contribution < 1.29 is 9.13 Å². The Hall–Kier alpha value is -1.58. The zero-order valence-electron chi connectivity index (χ0n) is 9.86. The standard InChI is InChI=1S/C14H13ClFNO/c1-9(17)10-2-7-14(13(16)8-10)18-12-5-3-11(15)4-6-12/h2-9H,17H2,1H3/t9-/m1/s1. The molecule has 0 heterocycles. The van der Waals surface area contributed by atoms with E-state index in [0.29, 0.717) is 10.8 Å². The van der Waals surface area contributed by atoms with Crippen molar-refractivity contribution in [2.45, 2.75) is 13.0 Å². The lowest BCUT2D eigenvalue weighted by Crippen LogP contribution is -2.05. The van der Waals surface area contributed by atoms with E-state index in [-0.39, 0.29) is 11.8 Å². The Labute approximate surface area is 110 Å². The summed E-state index contributed by atoms with van der Waals surface area (Å²) < 4.78 is 19.2. The van der Waals surface area contributed by atoms with E-state index in [1.165, 1.54) is 6.07 Å². The van der Waals surface area contributed by atoms with Crippen molar-refractivity contribution in [3.63, 3.8) is 0 Å². The van der Waals surface area contributed by atoms with E-state index in [1.54, 1.807) is 43.3 Å². The molecule has 0 bridgehead atoms. The van der Waals surface area contributed by atoms with Crippen LogP contribution >= 0.6 is 11.6 Å². The highest BCUT2D eigenvalue weighted by Crippen LogP contribution is 2.27. The first-order valence-corrected chi connectivity index (χ1v) is 5.92. The highest BCUT2D eigenvalue weighted by atomic mass is 35.5. The molecule has 0 saturated carbocycles. The Balaban J connectivity index is 2.22. The summed E-state index contributed by atoms with van der Waals surface area (Å²) in [6.45, 7) is 1.80. The molecule has 0 aromatic heterocycles. The van der Waals surface area contributed by atoms with Crippen LogP contribution < -0.4 is 10.5 Å². The second-order valence-corrected chi connectivity index (χ2v) is 4.47. The second kappa shape index (κ2) is 5.38. The van der Waals surface area contributed by atoms with Crippen molar-refractivity contribution >= 4 is 11.6 Å². The summed E-state index contributed by atoms with van der Waals surface area (Å²) in [7, 11) is 0. The van der Waals surface area contributed by atoms with Crippen LogP contribution in [-0.4, -0.2) is 0 Å². The molecule has 4 heteroatoms. The van der Waals surface area contributed by atoms with Crippen molar-refractivity contribution in [2.24, 2.45) is 5.73 Å². The van der Waals surface area contributed by atoms with Crippen molar-refractivity contribution in [3.05, 3.63) is 58.9 Å². The van der Waals surface area contributed by atoms with Gasteiger partial charge in [-0.1, -0.05) is 17.7 Å². The Morgan fingerprint density at radius 1 is 1.17 bits per heavy atom. The molecule has 0 amide bonds. The third-order valence-corrected chi connectivity index (χ3v) is 2.78. The van der Waals surface area contributed by atoms with Gasteiger partial charge in [-0.25, -0.2) is 4.39 Å². The normalized spacial score (nSPS) is 12.2. The molecular formula is C14H13ClFNO. The minimum absolute atomic E-state index is 0.168. The quantitative estimate of drug-likeness (QED) is 0.898. The van der Waals surface area contributed by atoms with E-state index in [9.17, 15) is 4.39 Å². The van der Waals surface area contributed by atoms with Gasteiger partial charge in [-0.3, -0.25) is 0 Å². The molecule has 0 radical (unpaired) electrons. The lowest BCUT2D eigenvalue weighted by Gasteiger charge is -2.10. The van der Waals surface area contributed by atoms with Gasteiger partial charge in [0.1, 0.15) is 5.75 Å².